The molecule has 0 bridgehead atoms. The number of carbonyl (C=O) groups is 1. The number of hydrogen-bond donors (Lipinski definition) is 1. The van der Waals surface area contributed by atoms with Crippen molar-refractivity contribution in [2.24, 2.45) is 5.41 Å². The molecule has 0 aromatic heterocycles. The van der Waals surface area contributed by atoms with E-state index in [1.54, 1.807) is 7.11 Å². The average Bonchev–Trinajstić information content (AvgIpc) is 2.28. The molecule has 0 heterocycles. The summed E-state index contributed by atoms with van der Waals surface area (Å²) in [5, 5.41) is 9.63. The lowest BCUT2D eigenvalue weighted by Crippen LogP contribution is -2.35. The van der Waals surface area contributed by atoms with E-state index < -0.39 is 11.4 Å². The maximum atomic E-state index is 11.7. The highest BCUT2D eigenvalue weighted by atomic mass is 16.5. The molecule has 0 aromatic rings. The Kier molecular flexibility index (Phi) is 5.64. The second kappa shape index (κ2) is 6.55. The summed E-state index contributed by atoms with van der Waals surface area (Å²) in [5.41, 5.74) is -0.721. The van der Waals surface area contributed by atoms with Crippen molar-refractivity contribution in [2.45, 2.75) is 77.2 Å². The molecular weight excluding hydrogens is 228 g/mol. The average molecular weight is 256 g/mol. The van der Waals surface area contributed by atoms with Gasteiger partial charge in [0.2, 0.25) is 0 Å². The maximum Gasteiger partial charge on any atom is 0.309 e. The molecule has 0 unspecified atom stereocenters. The Morgan fingerprint density at radius 3 is 2.11 bits per heavy atom. The van der Waals surface area contributed by atoms with Crippen molar-refractivity contribution in [2.75, 3.05) is 7.11 Å². The van der Waals surface area contributed by atoms with E-state index >= 15 is 0 Å². The van der Waals surface area contributed by atoms with Crippen LogP contribution in [0.5, 0.6) is 0 Å². The van der Waals surface area contributed by atoms with Crippen LogP contribution in [0.4, 0.5) is 0 Å². The highest BCUT2D eigenvalue weighted by molar-refractivity contribution is 5.74. The summed E-state index contributed by atoms with van der Waals surface area (Å²) in [6, 6.07) is 0. The monoisotopic (exact) mass is 256 g/mol. The lowest BCUT2D eigenvalue weighted by molar-refractivity contribution is -0.151. The van der Waals surface area contributed by atoms with E-state index in [9.17, 15) is 9.90 Å². The normalized spacial score (nSPS) is 21.1. The highest BCUT2D eigenvalue weighted by Gasteiger charge is 2.39. The molecule has 0 spiro atoms. The quantitative estimate of drug-likeness (QED) is 0.808. The van der Waals surface area contributed by atoms with Crippen molar-refractivity contribution in [1.82, 2.24) is 0 Å². The lowest BCUT2D eigenvalue weighted by Gasteiger charge is -2.34. The number of carboxylic acids is 1. The number of aliphatic carboxylic acids is 1. The van der Waals surface area contributed by atoms with Gasteiger partial charge in [0.05, 0.1) is 11.0 Å². The van der Waals surface area contributed by atoms with Crippen LogP contribution >= 0.6 is 0 Å². The fraction of sp³-hybridized carbons (Fsp3) is 0.933. The van der Waals surface area contributed by atoms with Gasteiger partial charge in [-0.15, -0.1) is 0 Å². The topological polar surface area (TPSA) is 46.5 Å². The molecule has 1 rings (SSSR count). The van der Waals surface area contributed by atoms with Gasteiger partial charge in [-0.05, 0) is 39.5 Å². The number of carboxylic acid groups (broad SMARTS) is 1. The number of methoxy groups -OCH3 is 1. The zero-order chi connectivity index (χ0) is 13.6. The molecule has 0 saturated heterocycles. The fourth-order valence-corrected chi connectivity index (χ4v) is 2.80. The second-order valence-corrected chi connectivity index (χ2v) is 6.32. The summed E-state index contributed by atoms with van der Waals surface area (Å²) in [4.78, 5) is 11.7. The minimum atomic E-state index is -0.601. The summed E-state index contributed by atoms with van der Waals surface area (Å²) in [5.74, 6) is -0.601. The summed E-state index contributed by atoms with van der Waals surface area (Å²) in [7, 11) is 1.70. The molecule has 1 saturated carbocycles. The molecule has 0 amide bonds. The Balaban J connectivity index is 2.69. The van der Waals surface area contributed by atoms with Gasteiger partial charge in [-0.25, -0.2) is 0 Å². The van der Waals surface area contributed by atoms with Gasteiger partial charge >= 0.3 is 5.97 Å². The Labute approximate surface area is 111 Å². The first-order valence-electron chi connectivity index (χ1n) is 7.20. The predicted molar refractivity (Wildman–Crippen MR) is 72.7 cm³/mol. The van der Waals surface area contributed by atoms with Crippen LogP contribution in [0.2, 0.25) is 0 Å². The first-order valence-corrected chi connectivity index (χ1v) is 7.20. The summed E-state index contributed by atoms with van der Waals surface area (Å²) in [6.07, 6.45) is 8.97. The minimum Gasteiger partial charge on any atom is -0.481 e. The zero-order valence-electron chi connectivity index (χ0n) is 12.1. The van der Waals surface area contributed by atoms with E-state index in [0.29, 0.717) is 0 Å². The van der Waals surface area contributed by atoms with Crippen LogP contribution in [0.25, 0.3) is 0 Å². The third-order valence-electron chi connectivity index (χ3n) is 4.52. The summed E-state index contributed by atoms with van der Waals surface area (Å²) < 4.78 is 5.42. The van der Waals surface area contributed by atoms with Gasteiger partial charge in [-0.3, -0.25) is 4.79 Å². The third kappa shape index (κ3) is 4.27. The van der Waals surface area contributed by atoms with Crippen LogP contribution in [-0.2, 0) is 9.53 Å². The molecule has 3 heteroatoms. The van der Waals surface area contributed by atoms with Crippen molar-refractivity contribution in [3.8, 4) is 0 Å². The maximum absolute atomic E-state index is 11.7. The fourth-order valence-electron chi connectivity index (χ4n) is 2.80. The SMILES string of the molecule is COC(C)(C)CCC1(C(=O)O)CCCCCCC1. The summed E-state index contributed by atoms with van der Waals surface area (Å²) >= 11 is 0. The van der Waals surface area contributed by atoms with E-state index in [0.717, 1.165) is 38.5 Å². The molecule has 0 atom stereocenters. The predicted octanol–water partition coefficient (Wildman–Crippen LogP) is 4.01. The number of ether oxygens (including phenoxy) is 1. The number of hydrogen-bond acceptors (Lipinski definition) is 2. The van der Waals surface area contributed by atoms with Crippen molar-refractivity contribution in [1.29, 1.82) is 0 Å². The van der Waals surface area contributed by atoms with E-state index in [-0.39, 0.29) is 5.60 Å². The molecule has 0 aromatic carbocycles. The Morgan fingerprint density at radius 1 is 1.17 bits per heavy atom. The van der Waals surface area contributed by atoms with E-state index in [2.05, 4.69) is 0 Å². The van der Waals surface area contributed by atoms with Gasteiger partial charge in [0.15, 0.2) is 0 Å². The largest absolute Gasteiger partial charge is 0.481 e. The number of rotatable bonds is 5. The van der Waals surface area contributed by atoms with Crippen molar-refractivity contribution in [3.05, 3.63) is 0 Å². The highest BCUT2D eigenvalue weighted by Crippen LogP contribution is 2.40. The Hall–Kier alpha value is -0.570. The van der Waals surface area contributed by atoms with Crippen LogP contribution in [0.3, 0.4) is 0 Å². The van der Waals surface area contributed by atoms with Crippen molar-refractivity contribution in [3.63, 3.8) is 0 Å². The van der Waals surface area contributed by atoms with Gasteiger partial charge < -0.3 is 9.84 Å². The standard InChI is InChI=1S/C15H28O3/c1-14(2,18-3)11-12-15(13(16)17)9-7-5-4-6-8-10-15/h4-12H2,1-3H3,(H,16,17). The van der Waals surface area contributed by atoms with Gasteiger partial charge in [0.25, 0.3) is 0 Å². The van der Waals surface area contributed by atoms with E-state index in [1.165, 1.54) is 19.3 Å². The molecule has 1 N–H and O–H groups in total. The first-order chi connectivity index (χ1) is 8.42. The van der Waals surface area contributed by atoms with Crippen LogP contribution in [0, 0.1) is 5.41 Å². The first kappa shape index (κ1) is 15.5. The summed E-state index contributed by atoms with van der Waals surface area (Å²) in [6.45, 7) is 4.07. The second-order valence-electron chi connectivity index (χ2n) is 6.32. The smallest absolute Gasteiger partial charge is 0.309 e. The van der Waals surface area contributed by atoms with E-state index in [4.69, 9.17) is 4.74 Å². The molecule has 0 aliphatic heterocycles. The molecule has 1 aliphatic rings. The Bertz CT molecular complexity index is 263. The van der Waals surface area contributed by atoms with Gasteiger partial charge in [0, 0.05) is 7.11 Å². The van der Waals surface area contributed by atoms with Crippen LogP contribution in [0.15, 0.2) is 0 Å². The van der Waals surface area contributed by atoms with E-state index in [1.807, 2.05) is 13.8 Å². The zero-order valence-corrected chi connectivity index (χ0v) is 12.1. The van der Waals surface area contributed by atoms with Gasteiger partial charge in [0.1, 0.15) is 0 Å². The molecule has 18 heavy (non-hydrogen) atoms. The molecule has 3 nitrogen and oxygen atoms in total. The lowest BCUT2D eigenvalue weighted by atomic mass is 9.72. The van der Waals surface area contributed by atoms with Gasteiger partial charge in [-0.2, -0.15) is 0 Å². The van der Waals surface area contributed by atoms with Crippen LogP contribution in [0.1, 0.15) is 71.6 Å². The van der Waals surface area contributed by atoms with Gasteiger partial charge in [-0.1, -0.05) is 32.1 Å². The third-order valence-corrected chi connectivity index (χ3v) is 4.52. The van der Waals surface area contributed by atoms with Crippen molar-refractivity contribution < 1.29 is 14.6 Å². The molecular formula is C15H28O3. The molecule has 1 aliphatic carbocycles. The van der Waals surface area contributed by atoms with Crippen LogP contribution in [-0.4, -0.2) is 23.8 Å². The molecule has 1 fully saturated rings. The van der Waals surface area contributed by atoms with Crippen LogP contribution < -0.4 is 0 Å². The molecule has 0 radical (unpaired) electrons. The minimum absolute atomic E-state index is 0.217. The Morgan fingerprint density at radius 2 is 1.67 bits per heavy atom. The van der Waals surface area contributed by atoms with Crippen molar-refractivity contribution >= 4 is 5.97 Å². The molecule has 106 valence electrons.